The molecule has 0 radical (unpaired) electrons. The van der Waals surface area contributed by atoms with Gasteiger partial charge < -0.3 is 9.88 Å². The van der Waals surface area contributed by atoms with Crippen LogP contribution in [0.5, 0.6) is 0 Å². The SMILES string of the molecule is C[C@@H](Nc1cccc(-c2nccn2C)c1)C1CCC1. The van der Waals surface area contributed by atoms with E-state index in [1.165, 1.54) is 30.5 Å². The van der Waals surface area contributed by atoms with Crippen LogP contribution in [0.4, 0.5) is 5.69 Å². The zero-order chi connectivity index (χ0) is 13.2. The first-order valence-corrected chi connectivity index (χ1v) is 7.08. The van der Waals surface area contributed by atoms with Crippen LogP contribution in [-0.4, -0.2) is 15.6 Å². The Labute approximate surface area is 114 Å². The maximum Gasteiger partial charge on any atom is 0.139 e. The summed E-state index contributed by atoms with van der Waals surface area (Å²) in [6.07, 6.45) is 7.95. The van der Waals surface area contributed by atoms with Crippen LogP contribution < -0.4 is 5.32 Å². The van der Waals surface area contributed by atoms with Crippen LogP contribution >= 0.6 is 0 Å². The monoisotopic (exact) mass is 255 g/mol. The first kappa shape index (κ1) is 12.3. The van der Waals surface area contributed by atoms with Gasteiger partial charge in [-0.1, -0.05) is 18.6 Å². The average Bonchev–Trinajstić information content (AvgIpc) is 2.73. The van der Waals surface area contributed by atoms with E-state index in [-0.39, 0.29) is 0 Å². The molecule has 1 saturated carbocycles. The molecule has 1 heterocycles. The molecule has 1 atom stereocenters. The molecule has 0 amide bonds. The molecule has 3 heteroatoms. The first-order chi connectivity index (χ1) is 9.24. The van der Waals surface area contributed by atoms with Crippen molar-refractivity contribution < 1.29 is 0 Å². The zero-order valence-corrected chi connectivity index (χ0v) is 11.6. The van der Waals surface area contributed by atoms with Gasteiger partial charge in [0.15, 0.2) is 0 Å². The highest BCUT2D eigenvalue weighted by molar-refractivity contribution is 5.63. The summed E-state index contributed by atoms with van der Waals surface area (Å²) in [5.41, 5.74) is 2.36. The number of nitrogens with zero attached hydrogens (tertiary/aromatic N) is 2. The van der Waals surface area contributed by atoms with Crippen LogP contribution in [0.15, 0.2) is 36.7 Å². The van der Waals surface area contributed by atoms with E-state index >= 15 is 0 Å². The van der Waals surface area contributed by atoms with Gasteiger partial charge in [-0.05, 0) is 37.8 Å². The van der Waals surface area contributed by atoms with E-state index in [1.807, 2.05) is 19.4 Å². The van der Waals surface area contributed by atoms with E-state index in [1.54, 1.807) is 0 Å². The largest absolute Gasteiger partial charge is 0.382 e. The molecule has 1 aliphatic rings. The lowest BCUT2D eigenvalue weighted by atomic mass is 9.80. The topological polar surface area (TPSA) is 29.9 Å². The molecule has 0 aliphatic heterocycles. The quantitative estimate of drug-likeness (QED) is 0.903. The summed E-state index contributed by atoms with van der Waals surface area (Å²) in [7, 11) is 2.03. The number of imidazole rings is 1. The Kier molecular flexibility index (Phi) is 3.28. The summed E-state index contributed by atoms with van der Waals surface area (Å²) in [6, 6.07) is 9.10. The van der Waals surface area contributed by atoms with Gasteiger partial charge in [0.2, 0.25) is 0 Å². The molecule has 1 N–H and O–H groups in total. The smallest absolute Gasteiger partial charge is 0.139 e. The highest BCUT2D eigenvalue weighted by Crippen LogP contribution is 2.31. The summed E-state index contributed by atoms with van der Waals surface area (Å²) in [6.45, 7) is 2.29. The molecule has 0 saturated heterocycles. The minimum Gasteiger partial charge on any atom is -0.382 e. The van der Waals surface area contributed by atoms with Crippen LogP contribution in [0.2, 0.25) is 0 Å². The molecular formula is C16H21N3. The highest BCUT2D eigenvalue weighted by atomic mass is 15.0. The maximum atomic E-state index is 4.40. The van der Waals surface area contributed by atoms with Crippen LogP contribution in [0, 0.1) is 5.92 Å². The standard InChI is InChI=1S/C16H21N3/c1-12(13-5-3-6-13)18-15-8-4-7-14(11-15)16-17-9-10-19(16)2/h4,7-13,18H,3,5-6H2,1-2H3/t12-/m1/s1. The van der Waals surface area contributed by atoms with E-state index in [0.29, 0.717) is 6.04 Å². The number of benzene rings is 1. The van der Waals surface area contributed by atoms with E-state index in [0.717, 1.165) is 11.7 Å². The Hall–Kier alpha value is -1.77. The summed E-state index contributed by atoms with van der Waals surface area (Å²) in [4.78, 5) is 4.40. The lowest BCUT2D eigenvalue weighted by molar-refractivity contribution is 0.285. The van der Waals surface area contributed by atoms with Crippen molar-refractivity contribution in [3.8, 4) is 11.4 Å². The molecule has 3 rings (SSSR count). The summed E-state index contributed by atoms with van der Waals surface area (Å²) in [5, 5.41) is 3.63. The number of aryl methyl sites for hydroxylation is 1. The fourth-order valence-electron chi connectivity index (χ4n) is 2.71. The number of rotatable bonds is 4. The summed E-state index contributed by atoms with van der Waals surface area (Å²) >= 11 is 0. The molecule has 2 aromatic rings. The average molecular weight is 255 g/mol. The third kappa shape index (κ3) is 2.50. The second kappa shape index (κ2) is 5.08. The number of hydrogen-bond acceptors (Lipinski definition) is 2. The number of nitrogens with one attached hydrogen (secondary N) is 1. The normalized spacial score (nSPS) is 16.9. The minimum absolute atomic E-state index is 0.561. The van der Waals surface area contributed by atoms with E-state index in [4.69, 9.17) is 0 Å². The number of aromatic nitrogens is 2. The van der Waals surface area contributed by atoms with Gasteiger partial charge in [-0.15, -0.1) is 0 Å². The second-order valence-corrected chi connectivity index (χ2v) is 5.57. The van der Waals surface area contributed by atoms with Crippen LogP contribution in [-0.2, 0) is 7.05 Å². The van der Waals surface area contributed by atoms with Crippen LogP contribution in [0.3, 0.4) is 0 Å². The first-order valence-electron chi connectivity index (χ1n) is 7.08. The molecule has 100 valence electrons. The van der Waals surface area contributed by atoms with Gasteiger partial charge in [-0.25, -0.2) is 4.98 Å². The van der Waals surface area contributed by atoms with Gasteiger partial charge in [-0.3, -0.25) is 0 Å². The van der Waals surface area contributed by atoms with Gasteiger partial charge >= 0.3 is 0 Å². The molecule has 1 aromatic carbocycles. The fraction of sp³-hybridized carbons (Fsp3) is 0.438. The molecule has 3 nitrogen and oxygen atoms in total. The van der Waals surface area contributed by atoms with Crippen LogP contribution in [0.1, 0.15) is 26.2 Å². The van der Waals surface area contributed by atoms with E-state index in [9.17, 15) is 0 Å². The molecular weight excluding hydrogens is 234 g/mol. The molecule has 19 heavy (non-hydrogen) atoms. The molecule has 0 unspecified atom stereocenters. The Morgan fingerprint density at radius 2 is 2.21 bits per heavy atom. The van der Waals surface area contributed by atoms with Gasteiger partial charge in [0.05, 0.1) is 0 Å². The van der Waals surface area contributed by atoms with Gasteiger partial charge in [0.25, 0.3) is 0 Å². The number of anilines is 1. The van der Waals surface area contributed by atoms with Gasteiger partial charge in [0, 0.05) is 36.7 Å². The minimum atomic E-state index is 0.561. The van der Waals surface area contributed by atoms with E-state index < -0.39 is 0 Å². The summed E-state index contributed by atoms with van der Waals surface area (Å²) in [5.74, 6) is 1.86. The highest BCUT2D eigenvalue weighted by Gasteiger charge is 2.23. The maximum absolute atomic E-state index is 4.40. The van der Waals surface area contributed by atoms with Crippen molar-refractivity contribution in [2.45, 2.75) is 32.2 Å². The fourth-order valence-corrected chi connectivity index (χ4v) is 2.71. The Morgan fingerprint density at radius 3 is 2.84 bits per heavy atom. The second-order valence-electron chi connectivity index (χ2n) is 5.57. The zero-order valence-electron chi connectivity index (χ0n) is 11.6. The van der Waals surface area contributed by atoms with Crippen molar-refractivity contribution in [1.82, 2.24) is 9.55 Å². The Balaban J connectivity index is 1.78. The van der Waals surface area contributed by atoms with Crippen molar-refractivity contribution in [1.29, 1.82) is 0 Å². The van der Waals surface area contributed by atoms with Crippen LogP contribution in [0.25, 0.3) is 11.4 Å². The lowest BCUT2D eigenvalue weighted by Crippen LogP contribution is -2.30. The molecule has 1 aromatic heterocycles. The van der Waals surface area contributed by atoms with Gasteiger partial charge in [0.1, 0.15) is 5.82 Å². The molecule has 1 aliphatic carbocycles. The van der Waals surface area contributed by atoms with Crippen molar-refractivity contribution in [3.63, 3.8) is 0 Å². The van der Waals surface area contributed by atoms with Crippen molar-refractivity contribution in [2.24, 2.45) is 13.0 Å². The third-order valence-corrected chi connectivity index (χ3v) is 4.19. The summed E-state index contributed by atoms with van der Waals surface area (Å²) < 4.78 is 2.05. The Morgan fingerprint density at radius 1 is 1.37 bits per heavy atom. The molecule has 1 fully saturated rings. The Bertz CT molecular complexity index is 555. The van der Waals surface area contributed by atoms with Gasteiger partial charge in [-0.2, -0.15) is 0 Å². The van der Waals surface area contributed by atoms with E-state index in [2.05, 4.69) is 46.1 Å². The van der Waals surface area contributed by atoms with Crippen molar-refractivity contribution in [2.75, 3.05) is 5.32 Å². The van der Waals surface area contributed by atoms with Crippen molar-refractivity contribution in [3.05, 3.63) is 36.7 Å². The van der Waals surface area contributed by atoms with Crippen molar-refractivity contribution >= 4 is 5.69 Å². The number of hydrogen-bond donors (Lipinski definition) is 1. The third-order valence-electron chi connectivity index (χ3n) is 4.19. The molecule has 0 spiro atoms. The lowest BCUT2D eigenvalue weighted by Gasteiger charge is -2.32. The predicted octanol–water partition coefficient (Wildman–Crippen LogP) is 3.69. The molecule has 0 bridgehead atoms. The predicted molar refractivity (Wildman–Crippen MR) is 79.1 cm³/mol.